The number of sulfone groups is 1. The minimum absolute atomic E-state index is 0.138. The van der Waals surface area contributed by atoms with Crippen LogP contribution < -0.4 is 9.47 Å². The molecule has 0 saturated heterocycles. The fourth-order valence-corrected chi connectivity index (χ4v) is 3.65. The number of benzene rings is 2. The van der Waals surface area contributed by atoms with Crippen LogP contribution in [0.3, 0.4) is 0 Å². The molecule has 0 aromatic heterocycles. The van der Waals surface area contributed by atoms with Gasteiger partial charge in [-0.2, -0.15) is 0 Å². The molecule has 0 unspecified atom stereocenters. The average molecular weight is 434 g/mol. The van der Waals surface area contributed by atoms with Gasteiger partial charge in [0.25, 0.3) is 5.91 Å². The van der Waals surface area contributed by atoms with Gasteiger partial charge in [-0.3, -0.25) is 4.79 Å². The molecule has 2 aromatic carbocycles. The van der Waals surface area contributed by atoms with Gasteiger partial charge in [0.15, 0.2) is 21.3 Å². The lowest BCUT2D eigenvalue weighted by Crippen LogP contribution is -2.31. The number of amides is 1. The maximum Gasteiger partial charge on any atom is 0.254 e. The number of hydrogen-bond acceptors (Lipinski definition) is 5. The molecule has 0 fully saturated rings. The summed E-state index contributed by atoms with van der Waals surface area (Å²) in [5, 5.41) is 0. The number of hydrogen-bond donors (Lipinski definition) is 0. The summed E-state index contributed by atoms with van der Waals surface area (Å²) in [4.78, 5) is 15.0. The van der Waals surface area contributed by atoms with Gasteiger partial charge < -0.3 is 14.4 Å². The fraction of sp³-hybridized carbons (Fsp3) is 0.435. The van der Waals surface area contributed by atoms with Crippen molar-refractivity contribution in [1.29, 1.82) is 0 Å². The zero-order valence-corrected chi connectivity index (χ0v) is 19.0. The first-order valence-corrected chi connectivity index (χ1v) is 12.2. The lowest BCUT2D eigenvalue weighted by atomic mass is 10.1. The SMILES string of the molecule is CCCOc1ccc(CN(CCC)C(=O)c2ccc(S(C)(=O)=O)cc2)cc1OCC. The summed E-state index contributed by atoms with van der Waals surface area (Å²) in [6, 6.07) is 11.8. The quantitative estimate of drug-likeness (QED) is 0.527. The largest absolute Gasteiger partial charge is 0.490 e. The van der Waals surface area contributed by atoms with Crippen LogP contribution in [0.5, 0.6) is 11.5 Å². The number of carbonyl (C=O) groups excluding carboxylic acids is 1. The molecule has 0 atom stereocenters. The summed E-state index contributed by atoms with van der Waals surface area (Å²) in [5.41, 5.74) is 1.40. The smallest absolute Gasteiger partial charge is 0.254 e. The Morgan fingerprint density at radius 1 is 0.933 bits per heavy atom. The number of nitrogens with zero attached hydrogens (tertiary/aromatic N) is 1. The van der Waals surface area contributed by atoms with E-state index in [4.69, 9.17) is 9.47 Å². The molecule has 0 bridgehead atoms. The molecule has 0 radical (unpaired) electrons. The third-order valence-electron chi connectivity index (χ3n) is 4.45. The molecule has 0 aliphatic rings. The van der Waals surface area contributed by atoms with Crippen molar-refractivity contribution < 1.29 is 22.7 Å². The Morgan fingerprint density at radius 2 is 1.63 bits per heavy atom. The van der Waals surface area contributed by atoms with E-state index in [9.17, 15) is 13.2 Å². The predicted molar refractivity (Wildman–Crippen MR) is 118 cm³/mol. The fourth-order valence-electron chi connectivity index (χ4n) is 3.02. The molecule has 0 aliphatic heterocycles. The second kappa shape index (κ2) is 11.0. The van der Waals surface area contributed by atoms with E-state index in [-0.39, 0.29) is 10.8 Å². The summed E-state index contributed by atoms with van der Waals surface area (Å²) < 4.78 is 34.8. The molecule has 1 amide bonds. The summed E-state index contributed by atoms with van der Waals surface area (Å²) in [7, 11) is -3.30. The minimum atomic E-state index is -3.30. The van der Waals surface area contributed by atoms with Crippen molar-refractivity contribution >= 4 is 15.7 Å². The topological polar surface area (TPSA) is 72.9 Å². The van der Waals surface area contributed by atoms with Crippen molar-refractivity contribution in [3.63, 3.8) is 0 Å². The predicted octanol–water partition coefficient (Wildman–Crippen LogP) is 4.33. The van der Waals surface area contributed by atoms with Crippen molar-refractivity contribution in [3.8, 4) is 11.5 Å². The third kappa shape index (κ3) is 6.49. The molecule has 2 aromatic rings. The van der Waals surface area contributed by atoms with Crippen LogP contribution in [0.4, 0.5) is 0 Å². The van der Waals surface area contributed by atoms with E-state index in [1.54, 1.807) is 17.0 Å². The highest BCUT2D eigenvalue weighted by atomic mass is 32.2. The van der Waals surface area contributed by atoms with E-state index >= 15 is 0 Å². The van der Waals surface area contributed by atoms with Crippen LogP contribution in [0.15, 0.2) is 47.4 Å². The molecule has 0 aliphatic carbocycles. The highest BCUT2D eigenvalue weighted by Gasteiger charge is 2.18. The summed E-state index contributed by atoms with van der Waals surface area (Å²) in [5.74, 6) is 1.23. The van der Waals surface area contributed by atoms with Crippen molar-refractivity contribution in [1.82, 2.24) is 4.90 Å². The van der Waals surface area contributed by atoms with Gasteiger partial charge in [0.05, 0.1) is 18.1 Å². The molecule has 0 heterocycles. The molecule has 7 heteroatoms. The zero-order chi connectivity index (χ0) is 22.1. The molecular weight excluding hydrogens is 402 g/mol. The lowest BCUT2D eigenvalue weighted by Gasteiger charge is -2.23. The molecule has 2 rings (SSSR count). The minimum Gasteiger partial charge on any atom is -0.490 e. The normalized spacial score (nSPS) is 11.2. The Bertz CT molecular complexity index is 939. The van der Waals surface area contributed by atoms with Gasteiger partial charge in [-0.15, -0.1) is 0 Å². The Labute approximate surface area is 179 Å². The monoisotopic (exact) mass is 433 g/mol. The van der Waals surface area contributed by atoms with E-state index in [2.05, 4.69) is 0 Å². The molecule has 30 heavy (non-hydrogen) atoms. The standard InChI is InChI=1S/C23H31NO5S/c1-5-14-24(23(25)19-9-11-20(12-10-19)30(4,26)27)17-18-8-13-21(29-15-6-2)22(16-18)28-7-3/h8-13,16H,5-7,14-15,17H2,1-4H3. The van der Waals surface area contributed by atoms with Gasteiger partial charge in [0.2, 0.25) is 0 Å². The summed E-state index contributed by atoms with van der Waals surface area (Å²) >= 11 is 0. The van der Waals surface area contributed by atoms with Gasteiger partial charge in [0, 0.05) is 24.9 Å². The van der Waals surface area contributed by atoms with Crippen LogP contribution in [0.25, 0.3) is 0 Å². The third-order valence-corrected chi connectivity index (χ3v) is 5.58. The maximum absolute atomic E-state index is 13.0. The molecule has 0 spiro atoms. The highest BCUT2D eigenvalue weighted by Crippen LogP contribution is 2.29. The molecular formula is C23H31NO5S. The number of carbonyl (C=O) groups is 1. The molecule has 0 N–H and O–H groups in total. The van der Waals surface area contributed by atoms with Gasteiger partial charge in [-0.25, -0.2) is 8.42 Å². The second-order valence-electron chi connectivity index (χ2n) is 7.09. The first-order valence-electron chi connectivity index (χ1n) is 10.3. The Morgan fingerprint density at radius 3 is 2.20 bits per heavy atom. The first kappa shape index (κ1) is 23.7. The van der Waals surface area contributed by atoms with Crippen molar-refractivity contribution in [2.45, 2.75) is 45.1 Å². The summed E-state index contributed by atoms with van der Waals surface area (Å²) in [6.07, 6.45) is 2.87. The van der Waals surface area contributed by atoms with Gasteiger partial charge in [-0.05, 0) is 61.7 Å². The Balaban J connectivity index is 2.23. The van der Waals surface area contributed by atoms with Crippen molar-refractivity contribution in [3.05, 3.63) is 53.6 Å². The van der Waals surface area contributed by atoms with E-state index < -0.39 is 9.84 Å². The van der Waals surface area contributed by atoms with Crippen LogP contribution in [0, 0.1) is 0 Å². The van der Waals surface area contributed by atoms with E-state index in [0.717, 1.165) is 24.7 Å². The first-order chi connectivity index (χ1) is 14.3. The second-order valence-corrected chi connectivity index (χ2v) is 9.10. The van der Waals surface area contributed by atoms with Gasteiger partial charge >= 0.3 is 0 Å². The molecule has 164 valence electrons. The van der Waals surface area contributed by atoms with Crippen LogP contribution in [0.2, 0.25) is 0 Å². The van der Waals surface area contributed by atoms with Gasteiger partial charge in [0.1, 0.15) is 0 Å². The van der Waals surface area contributed by atoms with E-state index in [1.165, 1.54) is 12.1 Å². The Kier molecular flexibility index (Phi) is 8.72. The highest BCUT2D eigenvalue weighted by molar-refractivity contribution is 7.90. The van der Waals surface area contributed by atoms with E-state index in [1.807, 2.05) is 39.0 Å². The van der Waals surface area contributed by atoms with Crippen molar-refractivity contribution in [2.24, 2.45) is 0 Å². The van der Waals surface area contributed by atoms with E-state index in [0.29, 0.717) is 43.4 Å². The molecule has 0 saturated carbocycles. The number of ether oxygens (including phenoxy) is 2. The lowest BCUT2D eigenvalue weighted by molar-refractivity contribution is 0.0743. The van der Waals surface area contributed by atoms with Gasteiger partial charge in [-0.1, -0.05) is 19.9 Å². The van der Waals surface area contributed by atoms with Crippen LogP contribution in [-0.4, -0.2) is 45.2 Å². The molecule has 6 nitrogen and oxygen atoms in total. The average Bonchev–Trinajstić information content (AvgIpc) is 2.72. The zero-order valence-electron chi connectivity index (χ0n) is 18.2. The van der Waals surface area contributed by atoms with Crippen LogP contribution >= 0.6 is 0 Å². The van der Waals surface area contributed by atoms with Crippen LogP contribution in [-0.2, 0) is 16.4 Å². The van der Waals surface area contributed by atoms with Crippen molar-refractivity contribution in [2.75, 3.05) is 26.0 Å². The number of rotatable bonds is 11. The maximum atomic E-state index is 13.0. The summed E-state index contributed by atoms with van der Waals surface area (Å²) in [6.45, 7) is 8.13. The van der Waals surface area contributed by atoms with Crippen LogP contribution in [0.1, 0.15) is 49.5 Å². The Hall–Kier alpha value is -2.54.